The van der Waals surface area contributed by atoms with Gasteiger partial charge in [-0.15, -0.1) is 0 Å². The zero-order valence-electron chi connectivity index (χ0n) is 9.25. The molecule has 0 saturated carbocycles. The Labute approximate surface area is 99.4 Å². The van der Waals surface area contributed by atoms with E-state index in [9.17, 15) is 9.59 Å². The van der Waals surface area contributed by atoms with Crippen molar-refractivity contribution in [1.82, 2.24) is 0 Å². The number of esters is 1. The molecule has 0 aliphatic rings. The van der Waals surface area contributed by atoms with E-state index in [1.807, 2.05) is 0 Å². The molecule has 0 aliphatic heterocycles. The van der Waals surface area contributed by atoms with Crippen LogP contribution in [0.5, 0.6) is 0 Å². The van der Waals surface area contributed by atoms with Crippen molar-refractivity contribution in [2.45, 2.75) is 20.3 Å². The van der Waals surface area contributed by atoms with E-state index in [4.69, 9.17) is 16.3 Å². The normalized spacial score (nSPS) is 9.94. The maximum absolute atomic E-state index is 11.3. The summed E-state index contributed by atoms with van der Waals surface area (Å²) in [5, 5.41) is 0.490. The van der Waals surface area contributed by atoms with Gasteiger partial charge in [0.25, 0.3) is 0 Å². The second kappa shape index (κ2) is 5.66. The van der Waals surface area contributed by atoms with Crippen LogP contribution in [0, 0.1) is 6.92 Å². The van der Waals surface area contributed by atoms with Crippen LogP contribution in [0.4, 0.5) is 0 Å². The predicted molar refractivity (Wildman–Crippen MR) is 61.9 cm³/mol. The minimum atomic E-state index is -0.320. The molecule has 4 heteroatoms. The van der Waals surface area contributed by atoms with Crippen LogP contribution < -0.4 is 0 Å². The first-order valence-corrected chi connectivity index (χ1v) is 5.36. The quantitative estimate of drug-likeness (QED) is 0.600. The number of ether oxygens (including phenoxy) is 1. The van der Waals surface area contributed by atoms with Crippen LogP contribution in [0.15, 0.2) is 12.1 Å². The van der Waals surface area contributed by atoms with E-state index in [-0.39, 0.29) is 12.4 Å². The zero-order chi connectivity index (χ0) is 12.1. The Balaban J connectivity index is 2.94. The van der Waals surface area contributed by atoms with Gasteiger partial charge in [0.05, 0.1) is 13.0 Å². The van der Waals surface area contributed by atoms with Crippen LogP contribution in [0.2, 0.25) is 5.02 Å². The lowest BCUT2D eigenvalue weighted by Gasteiger charge is -2.06. The standard InChI is InChI=1S/C12H13ClO3/c1-3-16-12(15)6-9-4-10(7-14)8(2)11(13)5-9/h4-5,7H,3,6H2,1-2H3. The average Bonchev–Trinajstić information content (AvgIpc) is 2.23. The number of carbonyl (C=O) groups is 2. The Morgan fingerprint density at radius 2 is 2.19 bits per heavy atom. The molecule has 0 amide bonds. The van der Waals surface area contributed by atoms with Crippen LogP contribution in [0.25, 0.3) is 0 Å². The lowest BCUT2D eigenvalue weighted by molar-refractivity contribution is -0.142. The van der Waals surface area contributed by atoms with Gasteiger partial charge in [-0.25, -0.2) is 0 Å². The highest BCUT2D eigenvalue weighted by Gasteiger charge is 2.09. The van der Waals surface area contributed by atoms with Gasteiger partial charge in [0.2, 0.25) is 0 Å². The van der Waals surface area contributed by atoms with Crippen molar-refractivity contribution < 1.29 is 14.3 Å². The van der Waals surface area contributed by atoms with Crippen molar-refractivity contribution in [3.05, 3.63) is 33.8 Å². The molecule has 0 aromatic heterocycles. The van der Waals surface area contributed by atoms with E-state index < -0.39 is 0 Å². The van der Waals surface area contributed by atoms with Crippen molar-refractivity contribution in [3.8, 4) is 0 Å². The Hall–Kier alpha value is -1.35. The second-order valence-electron chi connectivity index (χ2n) is 3.39. The van der Waals surface area contributed by atoms with E-state index in [1.54, 1.807) is 26.0 Å². The van der Waals surface area contributed by atoms with Crippen LogP contribution in [0.3, 0.4) is 0 Å². The highest BCUT2D eigenvalue weighted by Crippen LogP contribution is 2.21. The minimum absolute atomic E-state index is 0.134. The van der Waals surface area contributed by atoms with E-state index in [2.05, 4.69) is 0 Å². The summed E-state index contributed by atoms with van der Waals surface area (Å²) in [6, 6.07) is 3.34. The van der Waals surface area contributed by atoms with Crippen molar-refractivity contribution in [2.24, 2.45) is 0 Å². The molecule has 1 rings (SSSR count). The number of benzene rings is 1. The monoisotopic (exact) mass is 240 g/mol. The van der Waals surface area contributed by atoms with Gasteiger partial charge in [0.15, 0.2) is 0 Å². The molecular formula is C12H13ClO3. The summed E-state index contributed by atoms with van der Waals surface area (Å²) in [6.45, 7) is 3.86. The number of aldehydes is 1. The molecule has 0 saturated heterocycles. The highest BCUT2D eigenvalue weighted by atomic mass is 35.5. The Kier molecular flexibility index (Phi) is 4.50. The van der Waals surface area contributed by atoms with Gasteiger partial charge < -0.3 is 4.74 Å². The first kappa shape index (κ1) is 12.7. The molecule has 0 unspecified atom stereocenters. The Bertz CT molecular complexity index is 413. The summed E-state index contributed by atoms with van der Waals surface area (Å²) < 4.78 is 4.82. The molecule has 0 bridgehead atoms. The van der Waals surface area contributed by atoms with Gasteiger partial charge in [-0.3, -0.25) is 9.59 Å². The number of hydrogen-bond acceptors (Lipinski definition) is 3. The van der Waals surface area contributed by atoms with Gasteiger partial charge in [-0.05, 0) is 37.1 Å². The summed E-state index contributed by atoms with van der Waals surface area (Å²) in [5.41, 5.74) is 1.92. The van der Waals surface area contributed by atoms with Gasteiger partial charge >= 0.3 is 5.97 Å². The smallest absolute Gasteiger partial charge is 0.310 e. The lowest BCUT2D eigenvalue weighted by atomic mass is 10.0. The molecule has 16 heavy (non-hydrogen) atoms. The van der Waals surface area contributed by atoms with Crippen molar-refractivity contribution in [1.29, 1.82) is 0 Å². The molecular weight excluding hydrogens is 228 g/mol. The molecule has 0 fully saturated rings. The van der Waals surface area contributed by atoms with Gasteiger partial charge in [-0.1, -0.05) is 11.6 Å². The number of rotatable bonds is 4. The lowest BCUT2D eigenvalue weighted by Crippen LogP contribution is -2.08. The zero-order valence-corrected chi connectivity index (χ0v) is 10.0. The minimum Gasteiger partial charge on any atom is -0.466 e. The average molecular weight is 241 g/mol. The summed E-state index contributed by atoms with van der Waals surface area (Å²) in [6.07, 6.45) is 0.866. The third-order valence-electron chi connectivity index (χ3n) is 2.23. The Morgan fingerprint density at radius 3 is 2.75 bits per heavy atom. The van der Waals surface area contributed by atoms with E-state index >= 15 is 0 Å². The number of hydrogen-bond donors (Lipinski definition) is 0. The molecule has 1 aromatic carbocycles. The predicted octanol–water partition coefficient (Wildman–Crippen LogP) is 2.57. The van der Waals surface area contributed by atoms with Crippen LogP contribution >= 0.6 is 11.6 Å². The summed E-state index contributed by atoms with van der Waals surface area (Å²) in [4.78, 5) is 22.0. The van der Waals surface area contributed by atoms with Crippen molar-refractivity contribution in [3.63, 3.8) is 0 Å². The maximum Gasteiger partial charge on any atom is 0.310 e. The molecule has 0 radical (unpaired) electrons. The van der Waals surface area contributed by atoms with Crippen LogP contribution in [-0.2, 0) is 16.0 Å². The first-order valence-electron chi connectivity index (χ1n) is 4.98. The summed E-state index contributed by atoms with van der Waals surface area (Å²) in [7, 11) is 0. The highest BCUT2D eigenvalue weighted by molar-refractivity contribution is 6.31. The van der Waals surface area contributed by atoms with Crippen LogP contribution in [-0.4, -0.2) is 18.9 Å². The fraction of sp³-hybridized carbons (Fsp3) is 0.333. The molecule has 0 heterocycles. The fourth-order valence-corrected chi connectivity index (χ4v) is 1.61. The maximum atomic E-state index is 11.3. The third-order valence-corrected chi connectivity index (χ3v) is 2.62. The number of halogens is 1. The number of carbonyl (C=O) groups excluding carboxylic acids is 2. The molecule has 0 aliphatic carbocycles. The first-order chi connectivity index (χ1) is 7.58. The van der Waals surface area contributed by atoms with E-state index in [0.717, 1.165) is 11.8 Å². The topological polar surface area (TPSA) is 43.4 Å². The molecule has 3 nitrogen and oxygen atoms in total. The second-order valence-corrected chi connectivity index (χ2v) is 3.80. The molecule has 0 N–H and O–H groups in total. The molecule has 1 aromatic rings. The van der Waals surface area contributed by atoms with E-state index in [1.165, 1.54) is 0 Å². The van der Waals surface area contributed by atoms with Gasteiger partial charge in [0.1, 0.15) is 6.29 Å². The summed E-state index contributed by atoms with van der Waals surface area (Å²) in [5.74, 6) is -0.320. The van der Waals surface area contributed by atoms with Crippen molar-refractivity contribution >= 4 is 23.9 Å². The fourth-order valence-electron chi connectivity index (χ4n) is 1.36. The molecule has 0 spiro atoms. The van der Waals surface area contributed by atoms with Crippen LogP contribution in [0.1, 0.15) is 28.4 Å². The van der Waals surface area contributed by atoms with Gasteiger partial charge in [-0.2, -0.15) is 0 Å². The van der Waals surface area contributed by atoms with Gasteiger partial charge in [0, 0.05) is 10.6 Å². The molecule has 0 atom stereocenters. The van der Waals surface area contributed by atoms with E-state index in [0.29, 0.717) is 22.8 Å². The Morgan fingerprint density at radius 1 is 1.50 bits per heavy atom. The molecule has 86 valence electrons. The summed E-state index contributed by atoms with van der Waals surface area (Å²) >= 11 is 5.95. The SMILES string of the molecule is CCOC(=O)Cc1cc(Cl)c(C)c(C=O)c1. The van der Waals surface area contributed by atoms with Crippen molar-refractivity contribution in [2.75, 3.05) is 6.61 Å². The largest absolute Gasteiger partial charge is 0.466 e. The third kappa shape index (κ3) is 3.07.